The Hall–Kier alpha value is -0.280. The minimum absolute atomic E-state index is 0.246. The van der Waals surface area contributed by atoms with Crippen molar-refractivity contribution in [1.82, 2.24) is 5.32 Å². The van der Waals surface area contributed by atoms with Crippen LogP contribution in [0.3, 0.4) is 0 Å². The zero-order valence-corrected chi connectivity index (χ0v) is 11.8. The molecule has 0 aliphatic carbocycles. The van der Waals surface area contributed by atoms with E-state index in [9.17, 15) is 10.2 Å². The summed E-state index contributed by atoms with van der Waals surface area (Å²) in [5, 5.41) is 21.2. The third-order valence-electron chi connectivity index (χ3n) is 2.28. The number of aliphatic hydroxyl groups is 2. The summed E-state index contributed by atoms with van der Waals surface area (Å²) in [5.41, 5.74) is 0. The second kappa shape index (κ2) is 14.1. The molecule has 0 heterocycles. The first-order valence-electron chi connectivity index (χ1n) is 6.46. The molecule has 0 spiro atoms. The topological polar surface area (TPSA) is 89.4 Å². The molecule has 0 radical (unpaired) electrons. The smallest absolute Gasteiger partial charge is 0.106 e. The fourth-order valence-corrected chi connectivity index (χ4v) is 1.24. The Morgan fingerprint density at radius 2 is 1.47 bits per heavy atom. The van der Waals surface area contributed by atoms with E-state index in [0.717, 1.165) is 0 Å². The van der Waals surface area contributed by atoms with Crippen LogP contribution in [0.25, 0.3) is 0 Å². The van der Waals surface area contributed by atoms with Gasteiger partial charge in [-0.1, -0.05) is 0 Å². The number of hydrogen-bond acceptors (Lipinski definition) is 7. The third kappa shape index (κ3) is 13.9. The van der Waals surface area contributed by atoms with E-state index < -0.39 is 12.3 Å². The van der Waals surface area contributed by atoms with E-state index in [1.807, 2.05) is 0 Å². The van der Waals surface area contributed by atoms with Crippen LogP contribution in [-0.2, 0) is 18.9 Å². The molecule has 0 aromatic carbocycles. The van der Waals surface area contributed by atoms with Gasteiger partial charge in [-0.15, -0.1) is 0 Å². The largest absolute Gasteiger partial charge is 0.388 e. The molecule has 7 nitrogen and oxygen atoms in total. The average molecular weight is 281 g/mol. The monoisotopic (exact) mass is 281 g/mol. The normalized spacial score (nSPS) is 14.5. The van der Waals surface area contributed by atoms with Crippen LogP contribution >= 0.6 is 0 Å². The van der Waals surface area contributed by atoms with Gasteiger partial charge in [0.15, 0.2) is 0 Å². The van der Waals surface area contributed by atoms with Crippen molar-refractivity contribution in [2.24, 2.45) is 0 Å². The highest BCUT2D eigenvalue weighted by Crippen LogP contribution is 1.89. The van der Waals surface area contributed by atoms with Gasteiger partial charge in [-0.3, -0.25) is 5.32 Å². The summed E-state index contributed by atoms with van der Waals surface area (Å²) < 4.78 is 20.5. The van der Waals surface area contributed by atoms with Crippen LogP contribution < -0.4 is 5.32 Å². The molecule has 2 unspecified atom stereocenters. The van der Waals surface area contributed by atoms with Crippen molar-refractivity contribution in [3.63, 3.8) is 0 Å². The van der Waals surface area contributed by atoms with Crippen LogP contribution in [0.15, 0.2) is 0 Å². The van der Waals surface area contributed by atoms with E-state index in [0.29, 0.717) is 39.5 Å². The van der Waals surface area contributed by atoms with Gasteiger partial charge in [0, 0.05) is 13.5 Å². The summed E-state index contributed by atoms with van der Waals surface area (Å²) in [6.07, 6.45) is -0.559. The summed E-state index contributed by atoms with van der Waals surface area (Å²) in [7, 11) is 3.22. The molecule has 19 heavy (non-hydrogen) atoms. The van der Waals surface area contributed by atoms with Crippen molar-refractivity contribution < 1.29 is 29.2 Å². The Morgan fingerprint density at radius 1 is 0.895 bits per heavy atom. The highest BCUT2D eigenvalue weighted by molar-refractivity contribution is 4.50. The number of nitrogens with one attached hydrogen (secondary N) is 1. The summed E-state index contributed by atoms with van der Waals surface area (Å²) in [6, 6.07) is 0. The molecule has 0 saturated carbocycles. The molecule has 0 aliphatic heterocycles. The molecule has 0 fully saturated rings. The minimum atomic E-state index is -0.591. The van der Waals surface area contributed by atoms with Crippen molar-refractivity contribution >= 4 is 0 Å². The lowest BCUT2D eigenvalue weighted by Crippen LogP contribution is -2.26. The second-order valence-electron chi connectivity index (χ2n) is 4.00. The van der Waals surface area contributed by atoms with Crippen molar-refractivity contribution in [3.05, 3.63) is 0 Å². The van der Waals surface area contributed by atoms with E-state index in [1.165, 1.54) is 7.11 Å². The summed E-state index contributed by atoms with van der Waals surface area (Å²) in [5.74, 6) is 0. The van der Waals surface area contributed by atoms with Gasteiger partial charge in [-0.05, 0) is 7.05 Å². The van der Waals surface area contributed by atoms with Crippen molar-refractivity contribution in [3.8, 4) is 0 Å². The molecule has 7 heteroatoms. The molecule has 0 bridgehead atoms. The molecule has 3 N–H and O–H groups in total. The van der Waals surface area contributed by atoms with E-state index in [1.54, 1.807) is 7.05 Å². The highest BCUT2D eigenvalue weighted by atomic mass is 16.5. The van der Waals surface area contributed by atoms with Crippen LogP contribution in [0.4, 0.5) is 0 Å². The SMILES string of the molecule is CNC(O)CCOCCOCCOCC(O)COC. The Morgan fingerprint density at radius 3 is 2.05 bits per heavy atom. The molecule has 0 aromatic heterocycles. The number of hydrogen-bond donors (Lipinski definition) is 3. The highest BCUT2D eigenvalue weighted by Gasteiger charge is 2.02. The van der Waals surface area contributed by atoms with Crippen molar-refractivity contribution in [1.29, 1.82) is 0 Å². The Kier molecular flexibility index (Phi) is 13.9. The first kappa shape index (κ1) is 18.7. The zero-order chi connectivity index (χ0) is 14.3. The van der Waals surface area contributed by atoms with Gasteiger partial charge in [0.1, 0.15) is 12.3 Å². The molecule has 116 valence electrons. The molecule has 0 aliphatic rings. The maximum atomic E-state index is 9.28. The zero-order valence-electron chi connectivity index (χ0n) is 11.8. The quantitative estimate of drug-likeness (QED) is 0.277. The van der Waals surface area contributed by atoms with Gasteiger partial charge in [0.2, 0.25) is 0 Å². The van der Waals surface area contributed by atoms with E-state index in [2.05, 4.69) is 5.32 Å². The number of methoxy groups -OCH3 is 1. The molecular formula is C12H27NO6. The molecule has 2 atom stereocenters. The average Bonchev–Trinajstić information content (AvgIpc) is 2.40. The number of rotatable bonds is 14. The lowest BCUT2D eigenvalue weighted by molar-refractivity contribution is -0.0304. The standard InChI is InChI=1S/C12H27NO6/c1-13-12(15)3-4-17-5-6-18-7-8-19-10-11(14)9-16-2/h11-15H,3-10H2,1-2H3. The fraction of sp³-hybridized carbons (Fsp3) is 1.00. The van der Waals surface area contributed by atoms with Crippen LogP contribution in [0, 0.1) is 0 Å². The second-order valence-corrected chi connectivity index (χ2v) is 4.00. The summed E-state index contributed by atoms with van der Waals surface area (Å²) in [4.78, 5) is 0. The summed E-state index contributed by atoms with van der Waals surface area (Å²) in [6.45, 7) is 2.87. The van der Waals surface area contributed by atoms with Gasteiger partial charge < -0.3 is 29.2 Å². The van der Waals surface area contributed by atoms with Crippen molar-refractivity contribution in [2.75, 3.05) is 60.4 Å². The number of aliphatic hydroxyl groups excluding tert-OH is 2. The van der Waals surface area contributed by atoms with E-state index in [-0.39, 0.29) is 13.2 Å². The number of ether oxygens (including phenoxy) is 4. The van der Waals surface area contributed by atoms with Crippen LogP contribution in [0.1, 0.15) is 6.42 Å². The maximum absolute atomic E-state index is 9.28. The Labute approximate surface area is 114 Å². The Balaban J connectivity index is 3.07. The Bertz CT molecular complexity index is 184. The first-order chi connectivity index (χ1) is 9.20. The predicted molar refractivity (Wildman–Crippen MR) is 70.0 cm³/mol. The summed E-state index contributed by atoms with van der Waals surface area (Å²) >= 11 is 0. The maximum Gasteiger partial charge on any atom is 0.106 e. The fourth-order valence-electron chi connectivity index (χ4n) is 1.24. The molecular weight excluding hydrogens is 254 g/mol. The molecule has 0 saturated heterocycles. The van der Waals surface area contributed by atoms with Gasteiger partial charge in [-0.2, -0.15) is 0 Å². The van der Waals surface area contributed by atoms with Crippen LogP contribution in [-0.4, -0.2) is 83.0 Å². The van der Waals surface area contributed by atoms with Crippen LogP contribution in [0.5, 0.6) is 0 Å². The van der Waals surface area contributed by atoms with Gasteiger partial charge in [0.05, 0.1) is 46.2 Å². The van der Waals surface area contributed by atoms with E-state index >= 15 is 0 Å². The van der Waals surface area contributed by atoms with E-state index in [4.69, 9.17) is 18.9 Å². The van der Waals surface area contributed by atoms with Crippen molar-refractivity contribution in [2.45, 2.75) is 18.8 Å². The minimum Gasteiger partial charge on any atom is -0.388 e. The molecule has 0 rings (SSSR count). The predicted octanol–water partition coefficient (Wildman–Crippen LogP) is -1.03. The lowest BCUT2D eigenvalue weighted by Gasteiger charge is -2.11. The van der Waals surface area contributed by atoms with Gasteiger partial charge in [-0.25, -0.2) is 0 Å². The lowest BCUT2D eigenvalue weighted by atomic mass is 10.4. The van der Waals surface area contributed by atoms with Crippen LogP contribution in [0.2, 0.25) is 0 Å². The molecule has 0 aromatic rings. The van der Waals surface area contributed by atoms with Gasteiger partial charge >= 0.3 is 0 Å². The molecule has 0 amide bonds. The van der Waals surface area contributed by atoms with Gasteiger partial charge in [0.25, 0.3) is 0 Å². The third-order valence-corrected chi connectivity index (χ3v) is 2.28. The first-order valence-corrected chi connectivity index (χ1v) is 6.46.